The van der Waals surface area contributed by atoms with Gasteiger partial charge < -0.3 is 24.8 Å². The van der Waals surface area contributed by atoms with Crippen LogP contribution in [0.25, 0.3) is 0 Å². The highest BCUT2D eigenvalue weighted by Crippen LogP contribution is 2.22. The van der Waals surface area contributed by atoms with Gasteiger partial charge in [-0.05, 0) is 30.3 Å². The first-order valence-corrected chi connectivity index (χ1v) is 12.7. The molecule has 0 bridgehead atoms. The van der Waals surface area contributed by atoms with Crippen molar-refractivity contribution in [3.05, 3.63) is 75.5 Å². The van der Waals surface area contributed by atoms with Crippen LogP contribution in [-0.2, 0) is 11.3 Å². The molecule has 1 aromatic heterocycles. The summed E-state index contributed by atoms with van der Waals surface area (Å²) in [6, 6.07) is 13.2. The second kappa shape index (κ2) is 12.2. The van der Waals surface area contributed by atoms with Crippen LogP contribution in [0.15, 0.2) is 53.9 Å². The third-order valence-corrected chi connectivity index (χ3v) is 6.87. The molecule has 0 spiro atoms. The molecule has 0 aliphatic carbocycles. The number of carbonyl (C=O) groups excluding carboxylic acids is 2. The van der Waals surface area contributed by atoms with Gasteiger partial charge in [0.1, 0.15) is 16.5 Å². The third kappa shape index (κ3) is 6.51. The summed E-state index contributed by atoms with van der Waals surface area (Å²) in [5.41, 5.74) is 1.49. The summed E-state index contributed by atoms with van der Waals surface area (Å²) >= 11 is 7.42. The fraction of sp³-hybridized carbons (Fsp3) is 0.320. The van der Waals surface area contributed by atoms with Gasteiger partial charge in [-0.25, -0.2) is 14.2 Å². The van der Waals surface area contributed by atoms with Crippen LogP contribution in [-0.4, -0.2) is 73.2 Å². The number of piperazine rings is 1. The lowest BCUT2D eigenvalue weighted by molar-refractivity contribution is 0.0741. The predicted molar refractivity (Wildman–Crippen MR) is 139 cm³/mol. The molecule has 3 amide bonds. The van der Waals surface area contributed by atoms with Gasteiger partial charge >= 0.3 is 6.03 Å². The van der Waals surface area contributed by atoms with Crippen molar-refractivity contribution in [2.75, 3.05) is 56.7 Å². The molecule has 1 aliphatic heterocycles. The quantitative estimate of drug-likeness (QED) is 0.460. The topological polar surface area (TPSA) is 78.0 Å². The third-order valence-electron chi connectivity index (χ3n) is 5.81. The van der Waals surface area contributed by atoms with E-state index >= 15 is 0 Å². The summed E-state index contributed by atoms with van der Waals surface area (Å²) in [5, 5.41) is 5.59. The minimum atomic E-state index is -0.518. The molecule has 11 heteroatoms. The predicted octanol–water partition coefficient (Wildman–Crippen LogP) is 4.58. The van der Waals surface area contributed by atoms with E-state index in [2.05, 4.69) is 15.2 Å². The highest BCUT2D eigenvalue weighted by molar-refractivity contribution is 7.09. The van der Waals surface area contributed by atoms with Gasteiger partial charge in [0.15, 0.2) is 0 Å². The lowest BCUT2D eigenvalue weighted by Gasteiger charge is -2.35. The van der Waals surface area contributed by atoms with Crippen molar-refractivity contribution >= 4 is 46.3 Å². The summed E-state index contributed by atoms with van der Waals surface area (Å²) in [6.45, 7) is 3.30. The van der Waals surface area contributed by atoms with Crippen molar-refractivity contribution in [2.24, 2.45) is 0 Å². The van der Waals surface area contributed by atoms with E-state index in [-0.39, 0.29) is 24.7 Å². The Morgan fingerprint density at radius 2 is 1.94 bits per heavy atom. The van der Waals surface area contributed by atoms with Gasteiger partial charge in [0.2, 0.25) is 0 Å². The fourth-order valence-electron chi connectivity index (χ4n) is 3.86. The van der Waals surface area contributed by atoms with Crippen LogP contribution in [0.5, 0.6) is 0 Å². The molecular formula is C25H27ClFN5O3S. The van der Waals surface area contributed by atoms with Gasteiger partial charge in [-0.1, -0.05) is 29.8 Å². The zero-order chi connectivity index (χ0) is 25.5. The van der Waals surface area contributed by atoms with E-state index < -0.39 is 11.8 Å². The van der Waals surface area contributed by atoms with Gasteiger partial charge in [-0.3, -0.25) is 4.79 Å². The summed E-state index contributed by atoms with van der Waals surface area (Å²) in [5.74, 6) is -0.655. The van der Waals surface area contributed by atoms with Crippen LogP contribution < -0.4 is 10.2 Å². The van der Waals surface area contributed by atoms with Crippen LogP contribution in [0.2, 0.25) is 5.02 Å². The molecule has 4 rings (SSSR count). The first-order chi connectivity index (χ1) is 17.4. The molecule has 1 fully saturated rings. The number of urea groups is 1. The molecule has 0 saturated carbocycles. The van der Waals surface area contributed by atoms with E-state index in [9.17, 15) is 14.0 Å². The number of thiazole rings is 1. The van der Waals surface area contributed by atoms with Crippen molar-refractivity contribution in [3.63, 3.8) is 0 Å². The van der Waals surface area contributed by atoms with Crippen LogP contribution >= 0.6 is 22.9 Å². The summed E-state index contributed by atoms with van der Waals surface area (Å²) in [7, 11) is 1.54. The second-order valence-electron chi connectivity index (χ2n) is 8.21. The highest BCUT2D eigenvalue weighted by atomic mass is 35.5. The zero-order valence-electron chi connectivity index (χ0n) is 19.8. The van der Waals surface area contributed by atoms with Crippen molar-refractivity contribution < 1.29 is 18.7 Å². The monoisotopic (exact) mass is 531 g/mol. The average Bonchev–Trinajstić information content (AvgIpc) is 3.36. The van der Waals surface area contributed by atoms with E-state index in [1.807, 2.05) is 24.3 Å². The number of methoxy groups -OCH3 is 1. The van der Waals surface area contributed by atoms with Crippen molar-refractivity contribution in [2.45, 2.75) is 6.54 Å². The van der Waals surface area contributed by atoms with Crippen LogP contribution in [0.1, 0.15) is 15.5 Å². The van der Waals surface area contributed by atoms with Gasteiger partial charge in [0, 0.05) is 55.9 Å². The number of carbonyl (C=O) groups is 2. The minimum Gasteiger partial charge on any atom is -0.383 e. The highest BCUT2D eigenvalue weighted by Gasteiger charge is 2.25. The number of hydrogen-bond donors (Lipinski definition) is 1. The number of nitrogens with one attached hydrogen (secondary N) is 1. The smallest absolute Gasteiger partial charge is 0.322 e. The molecule has 36 heavy (non-hydrogen) atoms. The number of benzene rings is 2. The zero-order valence-corrected chi connectivity index (χ0v) is 21.4. The molecule has 1 aliphatic rings. The van der Waals surface area contributed by atoms with E-state index in [0.717, 1.165) is 5.69 Å². The molecular weight excluding hydrogens is 505 g/mol. The van der Waals surface area contributed by atoms with E-state index in [0.29, 0.717) is 48.5 Å². The largest absolute Gasteiger partial charge is 0.383 e. The normalized spacial score (nSPS) is 13.5. The number of halogens is 2. The molecule has 0 unspecified atom stereocenters. The second-order valence-corrected chi connectivity index (χ2v) is 9.59. The number of anilines is 2. The Labute approximate surface area is 218 Å². The molecule has 8 nitrogen and oxygen atoms in total. The van der Waals surface area contributed by atoms with Gasteiger partial charge in [-0.15, -0.1) is 11.3 Å². The molecule has 0 radical (unpaired) electrons. The Kier molecular flexibility index (Phi) is 8.74. The Hall–Kier alpha value is -3.21. The first kappa shape index (κ1) is 25.9. The molecule has 190 valence electrons. The molecule has 2 heterocycles. The van der Waals surface area contributed by atoms with Crippen LogP contribution in [0, 0.1) is 5.82 Å². The maximum absolute atomic E-state index is 14.0. The Balaban J connectivity index is 1.36. The summed E-state index contributed by atoms with van der Waals surface area (Å²) in [6.07, 6.45) is 0. The van der Waals surface area contributed by atoms with Crippen molar-refractivity contribution in [3.8, 4) is 0 Å². The lowest BCUT2D eigenvalue weighted by Crippen LogP contribution is -2.48. The molecule has 0 atom stereocenters. The maximum Gasteiger partial charge on any atom is 0.322 e. The summed E-state index contributed by atoms with van der Waals surface area (Å²) in [4.78, 5) is 35.8. The minimum absolute atomic E-state index is 0.0943. The standard InChI is InChI=1S/C25H27ClFN5O3S/c1-35-14-13-32(25(34)29-21-8-3-2-7-20(21)27)16-23-28-22(17-36-23)24(33)31-11-9-30(10-12-31)19-6-4-5-18(26)15-19/h2-8,15,17H,9-14,16H2,1H3,(H,29,34). The van der Waals surface area contributed by atoms with Gasteiger partial charge in [0.25, 0.3) is 5.91 Å². The van der Waals surface area contributed by atoms with Gasteiger partial charge in [-0.2, -0.15) is 0 Å². The van der Waals surface area contributed by atoms with E-state index in [1.165, 1.54) is 28.4 Å². The average molecular weight is 532 g/mol. The van der Waals surface area contributed by atoms with Gasteiger partial charge in [0.05, 0.1) is 18.8 Å². The first-order valence-electron chi connectivity index (χ1n) is 11.5. The lowest BCUT2D eigenvalue weighted by atomic mass is 10.2. The molecule has 3 aromatic rings. The number of para-hydroxylation sites is 1. The number of amides is 3. The van der Waals surface area contributed by atoms with E-state index in [4.69, 9.17) is 16.3 Å². The van der Waals surface area contributed by atoms with Crippen molar-refractivity contribution in [1.29, 1.82) is 0 Å². The Bertz CT molecular complexity index is 1200. The Morgan fingerprint density at radius 1 is 1.17 bits per heavy atom. The van der Waals surface area contributed by atoms with Crippen LogP contribution in [0.3, 0.4) is 0 Å². The molecule has 1 N–H and O–H groups in total. The molecule has 2 aromatic carbocycles. The maximum atomic E-state index is 14.0. The molecule has 1 saturated heterocycles. The fourth-order valence-corrected chi connectivity index (χ4v) is 4.83. The number of ether oxygens (including phenoxy) is 1. The Morgan fingerprint density at radius 3 is 2.67 bits per heavy atom. The number of rotatable bonds is 8. The van der Waals surface area contributed by atoms with Crippen LogP contribution in [0.4, 0.5) is 20.6 Å². The SMILES string of the molecule is COCCN(Cc1nc(C(=O)N2CCN(c3cccc(Cl)c3)CC2)cs1)C(=O)Nc1ccccc1F. The summed E-state index contributed by atoms with van der Waals surface area (Å²) < 4.78 is 19.1. The number of hydrogen-bond acceptors (Lipinski definition) is 6. The number of nitrogens with zero attached hydrogens (tertiary/aromatic N) is 4. The van der Waals surface area contributed by atoms with Crippen molar-refractivity contribution in [1.82, 2.24) is 14.8 Å². The number of aromatic nitrogens is 1. The van der Waals surface area contributed by atoms with E-state index in [1.54, 1.807) is 29.5 Å².